The maximum Gasteiger partial charge on any atom is 0.0129 e. The molecule has 820 valence electrons. The summed E-state index contributed by atoms with van der Waals surface area (Å²) in [5.74, 6) is 5.22. The van der Waals surface area contributed by atoms with E-state index in [0.717, 1.165) is 35.5 Å². The normalized spacial score (nSPS) is 19.3. The predicted octanol–water partition coefficient (Wildman–Crippen LogP) is 50.2. The zero-order chi connectivity index (χ0) is 99.1. The summed E-state index contributed by atoms with van der Waals surface area (Å²) in [4.78, 5) is 0. The summed E-state index contributed by atoms with van der Waals surface area (Å²) in [5.41, 5.74) is 1.38. The van der Waals surface area contributed by atoms with E-state index in [4.69, 9.17) is 5.32 Å². The Balaban J connectivity index is 3.73. The van der Waals surface area contributed by atoms with Gasteiger partial charge < -0.3 is 5.32 Å². The van der Waals surface area contributed by atoms with Gasteiger partial charge in [0.15, 0.2) is 0 Å². The van der Waals surface area contributed by atoms with E-state index in [1.807, 2.05) is 0 Å². The van der Waals surface area contributed by atoms with Crippen molar-refractivity contribution in [2.75, 3.05) is 0 Å². The second kappa shape index (κ2) is 98.0. The van der Waals surface area contributed by atoms with Gasteiger partial charge >= 0.3 is 0 Å². The predicted molar refractivity (Wildman–Crippen MR) is 629 cm³/mol. The zero-order valence-electron chi connectivity index (χ0n) is 98.9. The molecule has 10 unspecified atom stereocenters. The fourth-order valence-corrected chi connectivity index (χ4v) is 29.5. The van der Waals surface area contributed by atoms with Gasteiger partial charge in [-0.3, -0.25) is 0 Å². The molecule has 2 fully saturated rings. The summed E-state index contributed by atoms with van der Waals surface area (Å²) < 4.78 is 0. The molecule has 0 aliphatic heterocycles. The molecule has 2 aliphatic rings. The molecule has 0 aromatic rings. The summed E-state index contributed by atoms with van der Waals surface area (Å²) in [6, 6.07) is 1.17. The van der Waals surface area contributed by atoms with Crippen molar-refractivity contribution < 1.29 is 0 Å². The van der Waals surface area contributed by atoms with Crippen LogP contribution in [0.4, 0.5) is 0 Å². The van der Waals surface area contributed by atoms with Crippen LogP contribution in [0.15, 0.2) is 0 Å². The summed E-state index contributed by atoms with van der Waals surface area (Å²) in [7, 11) is 0. The Labute approximate surface area is 872 Å². The number of nitrogens with one attached hydrogen (secondary N) is 1. The highest BCUT2D eigenvalue weighted by molar-refractivity contribution is 5.15. The van der Waals surface area contributed by atoms with Crippen LogP contribution in [0, 0.1) is 57.2 Å². The molecule has 10 atom stereocenters. The molecule has 0 radical (unpaired) electrons. The smallest absolute Gasteiger partial charge is 0.0129 e. The molecule has 0 saturated heterocycles. The molecule has 2 rings (SSSR count). The Morgan fingerprint density at radius 3 is 0.380 bits per heavy atom. The Kier molecular flexibility index (Phi) is 95.2. The quantitative estimate of drug-likeness (QED) is 0.0599. The maximum absolute atomic E-state index is 5.73. The lowest BCUT2D eigenvalue weighted by molar-refractivity contribution is -0.0740. The second-order valence-electron chi connectivity index (χ2n) is 50.0. The van der Waals surface area contributed by atoms with Gasteiger partial charge in [-0.25, -0.2) is 0 Å². The summed E-state index contributed by atoms with van der Waals surface area (Å²) >= 11 is 0. The molecule has 1 nitrogen and oxygen atoms in total. The van der Waals surface area contributed by atoms with E-state index in [1.165, 1.54) is 655 Å². The highest BCUT2D eigenvalue weighted by Gasteiger charge is 2.63. The first-order valence-corrected chi connectivity index (χ1v) is 67.3. The van der Waals surface area contributed by atoms with Crippen LogP contribution in [-0.2, 0) is 0 Å². The van der Waals surface area contributed by atoms with Gasteiger partial charge in [-0.15, -0.1) is 0 Å². The molecule has 137 heavy (non-hydrogen) atoms. The Hall–Kier alpha value is -0.0400. The van der Waals surface area contributed by atoms with Crippen LogP contribution in [0.2, 0.25) is 0 Å². The molecule has 0 spiro atoms. The van der Waals surface area contributed by atoms with Gasteiger partial charge in [0.1, 0.15) is 0 Å². The van der Waals surface area contributed by atoms with Crippen molar-refractivity contribution in [2.45, 2.75) is 815 Å². The second-order valence-corrected chi connectivity index (χ2v) is 50.0. The fourth-order valence-electron chi connectivity index (χ4n) is 29.5. The molecule has 0 aromatic heterocycles. The molecule has 2 saturated carbocycles. The van der Waals surface area contributed by atoms with Gasteiger partial charge in [0, 0.05) is 12.1 Å². The molecule has 0 aromatic carbocycles. The van der Waals surface area contributed by atoms with Crippen molar-refractivity contribution in [3.05, 3.63) is 0 Å². The van der Waals surface area contributed by atoms with Crippen molar-refractivity contribution in [3.8, 4) is 0 Å². The Bertz CT molecular complexity index is 2090. The number of rotatable bonds is 114. The molecule has 2 aliphatic carbocycles. The van der Waals surface area contributed by atoms with Gasteiger partial charge in [-0.2, -0.15) is 0 Å². The van der Waals surface area contributed by atoms with Crippen molar-refractivity contribution in [2.24, 2.45) is 57.2 Å². The van der Waals surface area contributed by atoms with Gasteiger partial charge in [-0.1, -0.05) is 726 Å². The SMILES string of the molecule is CCCCCCCCCCC(CCCCCCCC)CC1(CC(CCCCCCCC)CCCCCCCCCC)CCCC1(CC(CCCCCCCC)CCCCCCCCCC)C(CC)NC(CC)C1(CC(CCCCCCCC)CCCCCCCCCC)CCCC1(CC(CCCCCCCC)CCCCCCCCCC)CC(CCCCCCCC)CCCCCCCCCC. The van der Waals surface area contributed by atoms with Gasteiger partial charge in [0.25, 0.3) is 0 Å². The van der Waals surface area contributed by atoms with E-state index in [1.54, 1.807) is 51.4 Å². The van der Waals surface area contributed by atoms with Crippen LogP contribution in [-0.4, -0.2) is 12.1 Å². The van der Waals surface area contributed by atoms with Crippen LogP contribution in [0.25, 0.3) is 0 Å². The fraction of sp³-hybridized carbons (Fsp3) is 1.00. The minimum atomic E-state index is 0.310. The average molecular weight is 1920 g/mol. The lowest BCUT2D eigenvalue weighted by Gasteiger charge is -2.59. The lowest BCUT2D eigenvalue weighted by Crippen LogP contribution is -2.62. The molecule has 0 bridgehead atoms. The highest BCUT2D eigenvalue weighted by atomic mass is 15.0. The van der Waals surface area contributed by atoms with Crippen LogP contribution in [0.1, 0.15) is 803 Å². The molecular weight excluding hydrogens is 1650 g/mol. The molecule has 0 heterocycles. The van der Waals surface area contributed by atoms with Gasteiger partial charge in [0.05, 0.1) is 0 Å². The van der Waals surface area contributed by atoms with Crippen molar-refractivity contribution in [3.63, 3.8) is 0 Å². The topological polar surface area (TPSA) is 12.0 Å². The molecular formula is C136H271N. The highest BCUT2D eigenvalue weighted by Crippen LogP contribution is 2.69. The minimum absolute atomic E-state index is 0.310. The Morgan fingerprint density at radius 2 is 0.255 bits per heavy atom. The maximum atomic E-state index is 5.73. The minimum Gasteiger partial charge on any atom is -0.310 e. The summed E-state index contributed by atoms with van der Waals surface area (Å²) in [6.45, 7) is 35.2. The van der Waals surface area contributed by atoms with Crippen molar-refractivity contribution >= 4 is 0 Å². The lowest BCUT2D eigenvalue weighted by atomic mass is 9.50. The third-order valence-electron chi connectivity index (χ3n) is 37.8. The van der Waals surface area contributed by atoms with E-state index < -0.39 is 0 Å². The third-order valence-corrected chi connectivity index (χ3v) is 37.8. The number of hydrogen-bond donors (Lipinski definition) is 1. The van der Waals surface area contributed by atoms with E-state index in [2.05, 4.69) is 96.9 Å². The molecule has 1 N–H and O–H groups in total. The number of unbranched alkanes of at least 4 members (excludes halogenated alkanes) is 72. The first-order chi connectivity index (χ1) is 67.5. The van der Waals surface area contributed by atoms with Crippen LogP contribution in [0.5, 0.6) is 0 Å². The molecule has 1 heteroatoms. The van der Waals surface area contributed by atoms with E-state index in [-0.39, 0.29) is 0 Å². The van der Waals surface area contributed by atoms with Crippen molar-refractivity contribution in [1.82, 2.24) is 5.32 Å². The summed E-state index contributed by atoms with van der Waals surface area (Å²) in [6.07, 6.45) is 162. The Morgan fingerprint density at radius 1 is 0.139 bits per heavy atom. The third kappa shape index (κ3) is 66.2. The standard InChI is InChI=1S/C136H271N/c1-15-29-41-53-65-71-83-93-107-125(103-89-77-59-47-35-21-7)119-133(120-126(104-90-78-60-48-36-22-8)108-94-84-72-66-54-42-30-16-2)115-101-117-135(133,123-129(111-97-81-63-51-39-25-11)113-99-87-75-69-57-45-33-19-5)131(27-13)137-132(28-14)136(124-130(112-98-82-64-52-40-26-12)114-100-88-76-70-58-46-34-20-6)118-102-116-134(136,121-127(105-91-79-61-49-37-23-9)109-95-85-73-67-55-43-31-17-3)122-128(106-92-80-62-50-38-24-10)110-96-86-74-68-56-44-32-18-4/h125-132,137H,15-124H2,1-14H3. The monoisotopic (exact) mass is 1920 g/mol. The average Bonchev–Trinajstić information content (AvgIpc) is 1.59. The van der Waals surface area contributed by atoms with E-state index >= 15 is 0 Å². The largest absolute Gasteiger partial charge is 0.310 e. The van der Waals surface area contributed by atoms with E-state index in [0.29, 0.717) is 33.7 Å². The molecule has 0 amide bonds. The van der Waals surface area contributed by atoms with Crippen LogP contribution in [0.3, 0.4) is 0 Å². The van der Waals surface area contributed by atoms with Gasteiger partial charge in [0.2, 0.25) is 0 Å². The number of hydrogen-bond acceptors (Lipinski definition) is 1. The first kappa shape index (κ1) is 133. The van der Waals surface area contributed by atoms with E-state index in [9.17, 15) is 0 Å². The van der Waals surface area contributed by atoms with Gasteiger partial charge in [-0.05, 0) is 134 Å². The van der Waals surface area contributed by atoms with Crippen molar-refractivity contribution in [1.29, 1.82) is 0 Å². The van der Waals surface area contributed by atoms with Crippen LogP contribution < -0.4 is 5.32 Å². The summed E-state index contributed by atoms with van der Waals surface area (Å²) in [5, 5.41) is 5.73. The zero-order valence-corrected chi connectivity index (χ0v) is 98.9. The first-order valence-electron chi connectivity index (χ1n) is 67.3. The van der Waals surface area contributed by atoms with Crippen LogP contribution >= 0.6 is 0 Å².